The van der Waals surface area contributed by atoms with E-state index in [1.807, 2.05) is 18.2 Å². The molecule has 1 atom stereocenters. The SMILES string of the molecule is NC1C(c2cc(Cc3ccc(OCc4ccc(Cl)s4)nc3)no2)=CC=CN1COP(=O)(O)O. The minimum Gasteiger partial charge on any atom is -0.472 e. The standard InChI is InChI=1S/C20H20ClN4O6PS/c21-18-5-4-15(33-18)11-29-19-6-3-13(10-23-19)8-14-9-17(31-24-14)16-2-1-7-25(20(16)22)12-30-32(26,27)28/h1-7,9-10,20H,8,11-12,22H2,(H2,26,27,28). The summed E-state index contributed by atoms with van der Waals surface area (Å²) in [7, 11) is -4.61. The number of halogens is 1. The molecule has 0 saturated carbocycles. The molecule has 0 amide bonds. The number of thiophene rings is 1. The molecular formula is C20H20ClN4O6PS. The van der Waals surface area contributed by atoms with Crippen LogP contribution in [0.4, 0.5) is 0 Å². The van der Waals surface area contributed by atoms with E-state index in [9.17, 15) is 4.57 Å². The van der Waals surface area contributed by atoms with E-state index in [2.05, 4.69) is 14.7 Å². The van der Waals surface area contributed by atoms with Gasteiger partial charge in [0, 0.05) is 41.4 Å². The number of hydrogen-bond acceptors (Lipinski definition) is 9. The van der Waals surface area contributed by atoms with Crippen LogP contribution in [0.5, 0.6) is 5.88 Å². The lowest BCUT2D eigenvalue weighted by Gasteiger charge is -2.30. The molecule has 1 aliphatic rings. The maximum absolute atomic E-state index is 11.0. The molecule has 0 saturated heterocycles. The van der Waals surface area contributed by atoms with Crippen molar-refractivity contribution < 1.29 is 28.1 Å². The van der Waals surface area contributed by atoms with Crippen molar-refractivity contribution in [2.24, 2.45) is 5.73 Å². The molecule has 4 heterocycles. The van der Waals surface area contributed by atoms with Gasteiger partial charge in [-0.1, -0.05) is 28.9 Å². The van der Waals surface area contributed by atoms with Crippen LogP contribution in [0.1, 0.15) is 21.9 Å². The van der Waals surface area contributed by atoms with Crippen LogP contribution < -0.4 is 10.5 Å². The third kappa shape index (κ3) is 6.52. The van der Waals surface area contributed by atoms with Crippen LogP contribution in [-0.4, -0.2) is 37.7 Å². The maximum atomic E-state index is 11.0. The molecular weight excluding hydrogens is 491 g/mol. The van der Waals surface area contributed by atoms with Crippen LogP contribution in [0.3, 0.4) is 0 Å². The van der Waals surface area contributed by atoms with Gasteiger partial charge < -0.3 is 29.7 Å². The second-order valence-corrected chi connectivity index (χ2v) is 10.1. The molecule has 10 nitrogen and oxygen atoms in total. The fraction of sp³-hybridized carbons (Fsp3) is 0.200. The van der Waals surface area contributed by atoms with Crippen molar-refractivity contribution >= 4 is 36.3 Å². The van der Waals surface area contributed by atoms with Crippen molar-refractivity contribution in [1.29, 1.82) is 0 Å². The fourth-order valence-electron chi connectivity index (χ4n) is 3.04. The number of phosphoric acid groups is 1. The molecule has 3 aromatic heterocycles. The summed E-state index contributed by atoms with van der Waals surface area (Å²) >= 11 is 7.38. The molecule has 4 rings (SSSR count). The summed E-state index contributed by atoms with van der Waals surface area (Å²) in [5.74, 6) is 0.956. The molecule has 33 heavy (non-hydrogen) atoms. The average Bonchev–Trinajstić information content (AvgIpc) is 3.41. The molecule has 0 radical (unpaired) electrons. The van der Waals surface area contributed by atoms with Gasteiger partial charge >= 0.3 is 7.82 Å². The topological polar surface area (TPSA) is 144 Å². The van der Waals surface area contributed by atoms with Gasteiger partial charge in [-0.3, -0.25) is 4.52 Å². The third-order valence-electron chi connectivity index (χ3n) is 4.62. The van der Waals surface area contributed by atoms with Crippen molar-refractivity contribution in [3.05, 3.63) is 81.1 Å². The summed E-state index contributed by atoms with van der Waals surface area (Å²) in [6.07, 6.45) is 6.47. The largest absolute Gasteiger partial charge is 0.472 e. The number of aromatic nitrogens is 2. The summed E-state index contributed by atoms with van der Waals surface area (Å²) in [5.41, 5.74) is 8.38. The molecule has 13 heteroatoms. The highest BCUT2D eigenvalue weighted by Gasteiger charge is 2.25. The number of phosphoric ester groups is 1. The Labute approximate surface area is 198 Å². The first-order chi connectivity index (χ1) is 15.8. The average molecular weight is 511 g/mol. The smallest absolute Gasteiger partial charge is 0.471 e. The maximum Gasteiger partial charge on any atom is 0.471 e. The molecule has 0 fully saturated rings. The highest BCUT2D eigenvalue weighted by Crippen LogP contribution is 2.36. The van der Waals surface area contributed by atoms with Crippen LogP contribution in [0.15, 0.2) is 59.4 Å². The zero-order chi connectivity index (χ0) is 23.4. The van der Waals surface area contributed by atoms with Gasteiger partial charge in [-0.15, -0.1) is 11.3 Å². The Hall–Kier alpha value is -2.50. The number of nitrogens with two attached hydrogens (primary N) is 1. The Morgan fingerprint density at radius 3 is 2.85 bits per heavy atom. The van der Waals surface area contributed by atoms with Crippen LogP contribution >= 0.6 is 30.8 Å². The zero-order valence-corrected chi connectivity index (χ0v) is 19.5. The first kappa shape index (κ1) is 23.7. The highest BCUT2D eigenvalue weighted by atomic mass is 35.5. The highest BCUT2D eigenvalue weighted by molar-refractivity contribution is 7.46. The Morgan fingerprint density at radius 2 is 2.15 bits per heavy atom. The van der Waals surface area contributed by atoms with Gasteiger partial charge in [0.15, 0.2) is 5.76 Å². The molecule has 0 bridgehead atoms. The number of allylic oxidation sites excluding steroid dienone is 2. The summed E-state index contributed by atoms with van der Waals surface area (Å²) in [5, 5.41) is 4.09. The monoisotopic (exact) mass is 510 g/mol. The van der Waals surface area contributed by atoms with Crippen molar-refractivity contribution in [3.8, 4) is 5.88 Å². The Kier molecular flexibility index (Phi) is 7.30. The molecule has 4 N–H and O–H groups in total. The summed E-state index contributed by atoms with van der Waals surface area (Å²) in [4.78, 5) is 24.6. The van der Waals surface area contributed by atoms with E-state index in [1.54, 1.807) is 36.7 Å². The van der Waals surface area contributed by atoms with Crippen molar-refractivity contribution in [2.75, 3.05) is 6.73 Å². The first-order valence-corrected chi connectivity index (χ1v) is 12.4. The normalized spacial score (nSPS) is 16.2. The van der Waals surface area contributed by atoms with Gasteiger partial charge in [-0.25, -0.2) is 9.55 Å². The number of nitrogens with zero attached hydrogens (tertiary/aromatic N) is 3. The molecule has 3 aromatic rings. The van der Waals surface area contributed by atoms with Crippen molar-refractivity contribution in [3.63, 3.8) is 0 Å². The molecule has 1 aliphatic heterocycles. The van der Waals surface area contributed by atoms with E-state index >= 15 is 0 Å². The lowest BCUT2D eigenvalue weighted by atomic mass is 10.1. The molecule has 0 aliphatic carbocycles. The summed E-state index contributed by atoms with van der Waals surface area (Å²) in [6.45, 7) is 0.0241. The van der Waals surface area contributed by atoms with Gasteiger partial charge in [-0.05, 0) is 23.8 Å². The van der Waals surface area contributed by atoms with Gasteiger partial charge in [0.1, 0.15) is 19.5 Å². The van der Waals surface area contributed by atoms with Gasteiger partial charge in [-0.2, -0.15) is 0 Å². The van der Waals surface area contributed by atoms with E-state index in [-0.39, 0.29) is 6.73 Å². The lowest BCUT2D eigenvalue weighted by molar-refractivity contribution is 0.110. The Morgan fingerprint density at radius 1 is 1.30 bits per heavy atom. The summed E-state index contributed by atoms with van der Waals surface area (Å²) < 4.78 is 27.3. The molecule has 0 spiro atoms. The number of ether oxygens (including phenoxy) is 1. The van der Waals surface area contributed by atoms with Crippen molar-refractivity contribution in [1.82, 2.24) is 15.0 Å². The second-order valence-electron chi connectivity index (χ2n) is 7.03. The molecule has 1 unspecified atom stereocenters. The van der Waals surface area contributed by atoms with Crippen LogP contribution in [0.2, 0.25) is 4.34 Å². The quantitative estimate of drug-likeness (QED) is 0.365. The minimum absolute atomic E-state index is 0.375. The fourth-order valence-corrected chi connectivity index (χ4v) is 4.32. The van der Waals surface area contributed by atoms with E-state index < -0.39 is 14.0 Å². The van der Waals surface area contributed by atoms with E-state index in [4.69, 9.17) is 36.4 Å². The first-order valence-electron chi connectivity index (χ1n) is 9.64. The van der Waals surface area contributed by atoms with Gasteiger partial charge in [0.2, 0.25) is 5.88 Å². The number of rotatable bonds is 9. The minimum atomic E-state index is -4.61. The summed E-state index contributed by atoms with van der Waals surface area (Å²) in [6, 6.07) is 9.19. The van der Waals surface area contributed by atoms with Crippen LogP contribution in [-0.2, 0) is 22.1 Å². The van der Waals surface area contributed by atoms with Crippen molar-refractivity contribution in [2.45, 2.75) is 19.2 Å². The Bertz CT molecular complexity index is 1210. The predicted octanol–water partition coefficient (Wildman–Crippen LogP) is 3.52. The molecule has 174 valence electrons. The van der Waals surface area contributed by atoms with Crippen LogP contribution in [0.25, 0.3) is 5.57 Å². The number of hydrogen-bond donors (Lipinski definition) is 3. The zero-order valence-electron chi connectivity index (χ0n) is 17.1. The molecule has 0 aromatic carbocycles. The lowest BCUT2D eigenvalue weighted by Crippen LogP contribution is -2.41. The number of pyridine rings is 1. The van der Waals surface area contributed by atoms with E-state index in [0.29, 0.717) is 40.3 Å². The third-order valence-corrected chi connectivity index (χ3v) is 6.28. The van der Waals surface area contributed by atoms with E-state index in [1.165, 1.54) is 16.2 Å². The van der Waals surface area contributed by atoms with Gasteiger partial charge in [0.05, 0.1) is 10.0 Å². The van der Waals surface area contributed by atoms with E-state index in [0.717, 1.165) is 10.4 Å². The predicted molar refractivity (Wildman–Crippen MR) is 122 cm³/mol. The second kappa shape index (κ2) is 10.2. The Balaban J connectivity index is 1.35. The van der Waals surface area contributed by atoms with Crippen LogP contribution in [0, 0.1) is 0 Å². The van der Waals surface area contributed by atoms with Gasteiger partial charge in [0.25, 0.3) is 0 Å².